The fraction of sp³-hybridized carbons (Fsp3) is 1.00. The summed E-state index contributed by atoms with van der Waals surface area (Å²) in [5, 5.41) is 38.5. The van der Waals surface area contributed by atoms with Crippen LogP contribution in [0.15, 0.2) is 0 Å². The van der Waals surface area contributed by atoms with E-state index in [0.29, 0.717) is 12.8 Å². The smallest absolute Gasteiger partial charge is 0.387 e. The van der Waals surface area contributed by atoms with E-state index < -0.39 is 112 Å². The number of halogens is 15. The Morgan fingerprint density at radius 2 is 1.10 bits per heavy atom. The summed E-state index contributed by atoms with van der Waals surface area (Å²) in [6, 6.07) is 0. The van der Waals surface area contributed by atoms with Gasteiger partial charge in [0.05, 0.1) is 12.7 Å². The molecule has 4 unspecified atom stereocenters. The number of aliphatic hydroxyl groups is 4. The number of alkyl halides is 15. The average Bonchev–Trinajstić information content (AvgIpc) is 2.98. The minimum absolute atomic E-state index is 0.132. The van der Waals surface area contributed by atoms with Gasteiger partial charge in [-0.25, -0.2) is 4.57 Å². The molecule has 1 aliphatic heterocycles. The molecule has 0 saturated carbocycles. The Hall–Kier alpha value is -1.14. The van der Waals surface area contributed by atoms with Gasteiger partial charge >= 0.3 is 49.5 Å². The number of ether oxygens (including phenoxy) is 1. The normalized spacial score (nSPS) is 25.4. The van der Waals surface area contributed by atoms with Crippen LogP contribution in [0.5, 0.6) is 0 Å². The highest BCUT2D eigenvalue weighted by Crippen LogP contribution is 2.63. The van der Waals surface area contributed by atoms with Crippen LogP contribution in [-0.4, -0.2) is 110 Å². The number of unbranched alkanes of at least 4 members (excludes halogenated alkanes) is 6. The molecule has 0 aromatic rings. The Kier molecular flexibility index (Phi) is 15.8. The molecule has 1 fully saturated rings. The Morgan fingerprint density at radius 1 is 0.640 bits per heavy atom. The SMILES string of the molecule is CCCCCCCCCC(CCC(F)(F)C(F)(F)C(F)(F)C(F)(F)C(F)(F)C(F)(F)C(F)(F)F)OP(=O)(O)OCC1O[C@@H](O)C(O)[C@@H](O)[C@@H]1O. The molecule has 1 saturated heterocycles. The van der Waals surface area contributed by atoms with Gasteiger partial charge in [-0.2, -0.15) is 65.9 Å². The molecule has 5 N–H and O–H groups in total. The van der Waals surface area contributed by atoms with Crippen LogP contribution in [0.2, 0.25) is 0 Å². The maximum atomic E-state index is 14.5. The number of hydrogen-bond donors (Lipinski definition) is 5. The zero-order chi connectivity index (χ0) is 39.4. The minimum atomic E-state index is -8.46. The van der Waals surface area contributed by atoms with Crippen LogP contribution in [0, 0.1) is 0 Å². The Morgan fingerprint density at radius 3 is 1.60 bits per heavy atom. The zero-order valence-corrected chi connectivity index (χ0v) is 26.6. The van der Waals surface area contributed by atoms with E-state index in [1.165, 1.54) is 0 Å². The molecule has 0 bridgehead atoms. The zero-order valence-electron chi connectivity index (χ0n) is 25.7. The topological polar surface area (TPSA) is 146 Å². The fourth-order valence-electron chi connectivity index (χ4n) is 4.53. The Bertz CT molecular complexity index is 1110. The summed E-state index contributed by atoms with van der Waals surface area (Å²) in [5.41, 5.74) is 0. The summed E-state index contributed by atoms with van der Waals surface area (Å²) in [7, 11) is -5.61. The number of aliphatic hydroxyl groups excluding tert-OH is 4. The molecular formula is C25H36F15O9P. The van der Waals surface area contributed by atoms with Gasteiger partial charge in [-0.1, -0.05) is 51.9 Å². The first-order valence-electron chi connectivity index (χ1n) is 14.7. The van der Waals surface area contributed by atoms with Crippen LogP contribution >= 0.6 is 7.82 Å². The van der Waals surface area contributed by atoms with E-state index in [9.17, 15) is 95.7 Å². The van der Waals surface area contributed by atoms with E-state index in [4.69, 9.17) is 0 Å². The van der Waals surface area contributed by atoms with Gasteiger partial charge in [-0.3, -0.25) is 9.05 Å². The van der Waals surface area contributed by atoms with Crippen molar-refractivity contribution in [2.24, 2.45) is 0 Å². The van der Waals surface area contributed by atoms with Crippen molar-refractivity contribution >= 4 is 7.82 Å². The largest absolute Gasteiger partial charge is 0.472 e. The highest BCUT2D eigenvalue weighted by molar-refractivity contribution is 7.47. The van der Waals surface area contributed by atoms with E-state index in [2.05, 4.69) is 13.8 Å². The summed E-state index contributed by atoms with van der Waals surface area (Å²) in [6.45, 7) is 0.609. The third kappa shape index (κ3) is 10.1. The van der Waals surface area contributed by atoms with Crippen molar-refractivity contribution in [3.05, 3.63) is 0 Å². The molecule has 0 aromatic carbocycles. The molecule has 1 aliphatic rings. The van der Waals surface area contributed by atoms with E-state index in [-0.39, 0.29) is 12.8 Å². The summed E-state index contributed by atoms with van der Waals surface area (Å²) in [4.78, 5) is 10.0. The molecule has 9 nitrogen and oxygen atoms in total. The molecular weight excluding hydrogens is 760 g/mol. The standard InChI is InChI=1S/C25H36F15O9P/c1-2-3-4-5-6-7-8-9-13(49-50(45,46)47-12-14-15(41)16(42)17(43)18(44)48-14)10-11-19(26,27)20(28,29)21(30,31)22(32,33)23(34,35)24(36,37)25(38,39)40/h13-18,41-44H,2-12H2,1H3,(H,45,46)/t13?,14?,15-,16+,17?,18-/m1/s1. The molecule has 0 spiro atoms. The monoisotopic (exact) mass is 796 g/mol. The second-order valence-electron chi connectivity index (χ2n) is 11.6. The van der Waals surface area contributed by atoms with Gasteiger partial charge in [0.1, 0.15) is 24.4 Å². The first-order valence-corrected chi connectivity index (χ1v) is 16.2. The van der Waals surface area contributed by atoms with Crippen molar-refractivity contribution in [3.8, 4) is 0 Å². The second-order valence-corrected chi connectivity index (χ2v) is 13.0. The van der Waals surface area contributed by atoms with Crippen molar-refractivity contribution in [3.63, 3.8) is 0 Å². The van der Waals surface area contributed by atoms with Crippen LogP contribution in [-0.2, 0) is 18.3 Å². The molecule has 7 atom stereocenters. The van der Waals surface area contributed by atoms with Gasteiger partial charge in [0.2, 0.25) is 0 Å². The molecule has 300 valence electrons. The van der Waals surface area contributed by atoms with Gasteiger partial charge in [0, 0.05) is 6.42 Å². The van der Waals surface area contributed by atoms with E-state index in [1.54, 1.807) is 0 Å². The second kappa shape index (κ2) is 16.9. The van der Waals surface area contributed by atoms with Crippen molar-refractivity contribution in [1.29, 1.82) is 0 Å². The highest BCUT2D eigenvalue weighted by Gasteiger charge is 2.93. The Balaban J connectivity index is 3.23. The van der Waals surface area contributed by atoms with Crippen LogP contribution in [0.3, 0.4) is 0 Å². The van der Waals surface area contributed by atoms with E-state index in [1.807, 2.05) is 6.92 Å². The lowest BCUT2D eigenvalue weighted by Crippen LogP contribution is -2.72. The molecule has 0 aliphatic carbocycles. The third-order valence-corrected chi connectivity index (χ3v) is 8.71. The van der Waals surface area contributed by atoms with Crippen LogP contribution < -0.4 is 0 Å². The summed E-state index contributed by atoms with van der Waals surface area (Å²) >= 11 is 0. The van der Waals surface area contributed by atoms with Crippen LogP contribution in [0.25, 0.3) is 0 Å². The molecule has 0 radical (unpaired) electrons. The van der Waals surface area contributed by atoms with Crippen molar-refractivity contribution in [1.82, 2.24) is 0 Å². The lowest BCUT2D eigenvalue weighted by atomic mass is 9.89. The van der Waals surface area contributed by atoms with Crippen molar-refractivity contribution in [2.75, 3.05) is 6.61 Å². The van der Waals surface area contributed by atoms with Gasteiger partial charge < -0.3 is 30.1 Å². The highest BCUT2D eigenvalue weighted by atomic mass is 31.2. The number of rotatable bonds is 21. The van der Waals surface area contributed by atoms with Gasteiger partial charge in [0.25, 0.3) is 0 Å². The first kappa shape index (κ1) is 46.9. The number of phosphoric ester groups is 1. The molecule has 1 rings (SSSR count). The minimum Gasteiger partial charge on any atom is -0.387 e. The third-order valence-electron chi connectivity index (χ3n) is 7.67. The van der Waals surface area contributed by atoms with E-state index in [0.717, 1.165) is 19.3 Å². The molecule has 50 heavy (non-hydrogen) atoms. The van der Waals surface area contributed by atoms with Gasteiger partial charge in [-0.15, -0.1) is 0 Å². The fourth-order valence-corrected chi connectivity index (χ4v) is 5.52. The predicted octanol–water partition coefficient (Wildman–Crippen LogP) is 6.58. The van der Waals surface area contributed by atoms with Gasteiger partial charge in [0.15, 0.2) is 6.29 Å². The quantitative estimate of drug-likeness (QED) is 0.0494. The van der Waals surface area contributed by atoms with Gasteiger partial charge in [-0.05, 0) is 12.8 Å². The maximum Gasteiger partial charge on any atom is 0.472 e. The molecule has 0 amide bonds. The predicted molar refractivity (Wildman–Crippen MR) is 137 cm³/mol. The van der Waals surface area contributed by atoms with Crippen LogP contribution in [0.1, 0.15) is 71.1 Å². The van der Waals surface area contributed by atoms with Crippen molar-refractivity contribution < 1.29 is 110 Å². The van der Waals surface area contributed by atoms with Crippen molar-refractivity contribution in [2.45, 2.75) is 150 Å². The maximum absolute atomic E-state index is 14.5. The molecule has 0 aromatic heterocycles. The summed E-state index contributed by atoms with van der Waals surface area (Å²) in [5.74, 6) is -47.6. The van der Waals surface area contributed by atoms with Crippen LogP contribution in [0.4, 0.5) is 65.9 Å². The Labute approximate surface area is 274 Å². The lowest BCUT2D eigenvalue weighted by molar-refractivity contribution is -0.452. The van der Waals surface area contributed by atoms with E-state index >= 15 is 0 Å². The summed E-state index contributed by atoms with van der Waals surface area (Å²) < 4.78 is 230. The number of hydrogen-bond acceptors (Lipinski definition) is 8. The summed E-state index contributed by atoms with van der Waals surface area (Å²) in [6.07, 6.45) is -22.0. The molecule has 1 heterocycles. The molecule has 25 heteroatoms. The average molecular weight is 796 g/mol. The first-order chi connectivity index (χ1) is 22.4. The number of phosphoric acid groups is 1. The lowest BCUT2D eigenvalue weighted by Gasteiger charge is -2.41.